The van der Waals surface area contributed by atoms with E-state index in [0.717, 1.165) is 25.3 Å². The van der Waals surface area contributed by atoms with Crippen LogP contribution in [0.5, 0.6) is 0 Å². The van der Waals surface area contributed by atoms with E-state index in [0.29, 0.717) is 30.5 Å². The first-order chi connectivity index (χ1) is 10.1. The van der Waals surface area contributed by atoms with Crippen LogP contribution in [0.3, 0.4) is 0 Å². The molecule has 0 radical (unpaired) electrons. The standard InChI is InChI=1S/C14H23N3O3S/c1-2-17(12-7-8-21(18,19)10-12)9-13-15-14(20-16-13)11-5-3-4-6-11/h11-12H,2-10H2,1H3/t12-/m1/s1. The first-order valence-corrected chi connectivity index (χ1v) is 9.66. The third kappa shape index (κ3) is 3.45. The van der Waals surface area contributed by atoms with Crippen LogP contribution >= 0.6 is 0 Å². The minimum atomic E-state index is -2.86. The van der Waals surface area contributed by atoms with Crippen LogP contribution in [0.1, 0.15) is 56.7 Å². The molecule has 0 aromatic carbocycles. The average Bonchev–Trinajstić information content (AvgIpc) is 3.15. The maximum Gasteiger partial charge on any atom is 0.229 e. The van der Waals surface area contributed by atoms with Crippen LogP contribution in [0.25, 0.3) is 0 Å². The summed E-state index contributed by atoms with van der Waals surface area (Å²) < 4.78 is 28.6. The van der Waals surface area contributed by atoms with Crippen molar-refractivity contribution in [1.29, 1.82) is 0 Å². The van der Waals surface area contributed by atoms with E-state index >= 15 is 0 Å². The lowest BCUT2D eigenvalue weighted by atomic mass is 10.1. The van der Waals surface area contributed by atoms with Crippen LogP contribution in [0.15, 0.2) is 4.52 Å². The Kier molecular flexibility index (Phi) is 4.31. The highest BCUT2D eigenvalue weighted by Crippen LogP contribution is 2.33. The SMILES string of the molecule is CCN(Cc1noc(C2CCCC2)n1)[C@@H]1CCS(=O)(=O)C1. The first-order valence-electron chi connectivity index (χ1n) is 7.84. The molecule has 3 rings (SSSR count). The zero-order valence-corrected chi connectivity index (χ0v) is 13.3. The smallest absolute Gasteiger partial charge is 0.229 e. The van der Waals surface area contributed by atoms with Crippen LogP contribution < -0.4 is 0 Å². The Balaban J connectivity index is 1.64. The van der Waals surface area contributed by atoms with E-state index in [4.69, 9.17) is 4.52 Å². The van der Waals surface area contributed by atoms with Crippen molar-refractivity contribution in [1.82, 2.24) is 15.0 Å². The molecular weight excluding hydrogens is 290 g/mol. The summed E-state index contributed by atoms with van der Waals surface area (Å²) in [6, 6.07) is 0.0911. The van der Waals surface area contributed by atoms with E-state index in [2.05, 4.69) is 15.0 Å². The molecule has 1 aliphatic heterocycles. The molecule has 0 amide bonds. The summed E-state index contributed by atoms with van der Waals surface area (Å²) >= 11 is 0. The Morgan fingerprint density at radius 2 is 2.05 bits per heavy atom. The Morgan fingerprint density at radius 1 is 1.29 bits per heavy atom. The van der Waals surface area contributed by atoms with Gasteiger partial charge in [0.2, 0.25) is 5.89 Å². The van der Waals surface area contributed by atoms with Crippen molar-refractivity contribution in [2.45, 2.75) is 57.5 Å². The monoisotopic (exact) mass is 313 g/mol. The fourth-order valence-electron chi connectivity index (χ4n) is 3.41. The molecule has 7 heteroatoms. The lowest BCUT2D eigenvalue weighted by Crippen LogP contribution is -2.35. The summed E-state index contributed by atoms with van der Waals surface area (Å²) in [6.07, 6.45) is 5.47. The molecule has 0 N–H and O–H groups in total. The molecule has 6 nitrogen and oxygen atoms in total. The maximum absolute atomic E-state index is 11.6. The fraction of sp³-hybridized carbons (Fsp3) is 0.857. The maximum atomic E-state index is 11.6. The van der Waals surface area contributed by atoms with Gasteiger partial charge in [-0.2, -0.15) is 4.98 Å². The topological polar surface area (TPSA) is 76.3 Å². The fourth-order valence-corrected chi connectivity index (χ4v) is 5.18. The van der Waals surface area contributed by atoms with Gasteiger partial charge in [-0.25, -0.2) is 8.42 Å². The van der Waals surface area contributed by atoms with E-state index in [1.165, 1.54) is 12.8 Å². The molecular formula is C14H23N3O3S. The first kappa shape index (κ1) is 15.0. The number of sulfone groups is 1. The van der Waals surface area contributed by atoms with Crippen LogP contribution in [0.2, 0.25) is 0 Å². The van der Waals surface area contributed by atoms with Crippen molar-refractivity contribution >= 4 is 9.84 Å². The van der Waals surface area contributed by atoms with Gasteiger partial charge >= 0.3 is 0 Å². The number of hydrogen-bond donors (Lipinski definition) is 0. The Hall–Kier alpha value is -0.950. The molecule has 2 fully saturated rings. The summed E-state index contributed by atoms with van der Waals surface area (Å²) in [5.74, 6) is 2.43. The van der Waals surface area contributed by atoms with E-state index in [-0.39, 0.29) is 11.8 Å². The quantitative estimate of drug-likeness (QED) is 0.824. The van der Waals surface area contributed by atoms with Gasteiger partial charge in [-0.05, 0) is 25.8 Å². The number of hydrogen-bond acceptors (Lipinski definition) is 6. The van der Waals surface area contributed by atoms with Crippen molar-refractivity contribution in [2.75, 3.05) is 18.1 Å². The van der Waals surface area contributed by atoms with Crippen molar-refractivity contribution in [3.05, 3.63) is 11.7 Å². The summed E-state index contributed by atoms with van der Waals surface area (Å²) in [6.45, 7) is 3.42. The largest absolute Gasteiger partial charge is 0.339 e. The van der Waals surface area contributed by atoms with Crippen LogP contribution in [0, 0.1) is 0 Å². The Morgan fingerprint density at radius 3 is 2.67 bits per heavy atom. The zero-order chi connectivity index (χ0) is 14.9. The Bertz CT molecular complexity index is 578. The second-order valence-corrected chi connectivity index (χ2v) is 8.38. The third-order valence-corrected chi connectivity index (χ3v) is 6.41. The van der Waals surface area contributed by atoms with E-state index in [1.54, 1.807) is 0 Å². The van der Waals surface area contributed by atoms with E-state index in [1.807, 2.05) is 6.92 Å². The zero-order valence-electron chi connectivity index (χ0n) is 12.5. The van der Waals surface area contributed by atoms with Crippen LogP contribution in [0.4, 0.5) is 0 Å². The molecule has 1 saturated heterocycles. The summed E-state index contributed by atoms with van der Waals surface area (Å²) in [5.41, 5.74) is 0. The van der Waals surface area contributed by atoms with Gasteiger partial charge in [0.05, 0.1) is 18.1 Å². The van der Waals surface area contributed by atoms with E-state index in [9.17, 15) is 8.42 Å². The minimum Gasteiger partial charge on any atom is -0.339 e. The summed E-state index contributed by atoms with van der Waals surface area (Å²) in [5, 5.41) is 4.08. The molecule has 118 valence electrons. The van der Waals surface area contributed by atoms with Gasteiger partial charge in [-0.1, -0.05) is 24.9 Å². The highest BCUT2D eigenvalue weighted by molar-refractivity contribution is 7.91. The minimum absolute atomic E-state index is 0.0911. The van der Waals surface area contributed by atoms with Gasteiger partial charge in [0, 0.05) is 12.0 Å². The molecule has 21 heavy (non-hydrogen) atoms. The molecule has 2 aliphatic rings. The molecule has 1 atom stereocenters. The normalized spacial score (nSPS) is 25.9. The number of aromatic nitrogens is 2. The van der Waals surface area contributed by atoms with Gasteiger partial charge in [0.15, 0.2) is 15.7 Å². The van der Waals surface area contributed by atoms with Gasteiger partial charge < -0.3 is 4.52 Å². The molecule has 1 saturated carbocycles. The molecule has 0 spiro atoms. The van der Waals surface area contributed by atoms with Gasteiger partial charge in [0.25, 0.3) is 0 Å². The summed E-state index contributed by atoms with van der Waals surface area (Å²) in [7, 11) is -2.86. The molecule has 1 aliphatic carbocycles. The van der Waals surface area contributed by atoms with Gasteiger partial charge in [0.1, 0.15) is 0 Å². The number of rotatable bonds is 5. The van der Waals surface area contributed by atoms with E-state index < -0.39 is 9.84 Å². The van der Waals surface area contributed by atoms with Crippen molar-refractivity contribution < 1.29 is 12.9 Å². The van der Waals surface area contributed by atoms with Gasteiger partial charge in [-0.15, -0.1) is 0 Å². The molecule has 0 unspecified atom stereocenters. The van der Waals surface area contributed by atoms with Crippen LogP contribution in [-0.2, 0) is 16.4 Å². The highest BCUT2D eigenvalue weighted by atomic mass is 32.2. The highest BCUT2D eigenvalue weighted by Gasteiger charge is 2.32. The van der Waals surface area contributed by atoms with Crippen molar-refractivity contribution in [2.24, 2.45) is 0 Å². The lowest BCUT2D eigenvalue weighted by Gasteiger charge is -2.24. The Labute approximate surface area is 125 Å². The predicted molar refractivity (Wildman–Crippen MR) is 78.6 cm³/mol. The predicted octanol–water partition coefficient (Wildman–Crippen LogP) is 1.74. The molecule has 0 bridgehead atoms. The molecule has 1 aromatic heterocycles. The average molecular weight is 313 g/mol. The second kappa shape index (κ2) is 6.04. The third-order valence-electron chi connectivity index (χ3n) is 4.66. The number of nitrogens with zero attached hydrogens (tertiary/aromatic N) is 3. The lowest BCUT2D eigenvalue weighted by molar-refractivity contribution is 0.206. The van der Waals surface area contributed by atoms with Crippen molar-refractivity contribution in [3.63, 3.8) is 0 Å². The molecule has 2 heterocycles. The molecule has 1 aromatic rings. The second-order valence-electron chi connectivity index (χ2n) is 6.15. The van der Waals surface area contributed by atoms with Crippen LogP contribution in [-0.4, -0.2) is 47.6 Å². The van der Waals surface area contributed by atoms with Gasteiger partial charge in [-0.3, -0.25) is 4.90 Å². The van der Waals surface area contributed by atoms with Crippen molar-refractivity contribution in [3.8, 4) is 0 Å². The summed E-state index contributed by atoms with van der Waals surface area (Å²) in [4.78, 5) is 6.67.